The fourth-order valence-corrected chi connectivity index (χ4v) is 4.09. The minimum absolute atomic E-state index is 0.130. The summed E-state index contributed by atoms with van der Waals surface area (Å²) in [6, 6.07) is 17.0. The minimum Gasteiger partial charge on any atom is -0.497 e. The van der Waals surface area contributed by atoms with Crippen LogP contribution in [-0.2, 0) is 0 Å². The van der Waals surface area contributed by atoms with Crippen molar-refractivity contribution < 1.29 is 23.0 Å². The molecule has 0 bridgehead atoms. The molecular weight excluding hydrogens is 402 g/mol. The van der Waals surface area contributed by atoms with Gasteiger partial charge in [0.2, 0.25) is 6.23 Å². The molecule has 31 heavy (non-hydrogen) atoms. The van der Waals surface area contributed by atoms with Crippen LogP contribution in [0, 0.1) is 11.6 Å². The predicted octanol–water partition coefficient (Wildman–Crippen LogP) is 5.22. The number of halogens is 2. The molecule has 0 amide bonds. The minimum atomic E-state index is -0.929. The molecule has 0 fully saturated rings. The second-order valence-electron chi connectivity index (χ2n) is 7.40. The van der Waals surface area contributed by atoms with E-state index in [1.54, 1.807) is 14.2 Å². The Morgan fingerprint density at radius 3 is 2.48 bits per heavy atom. The summed E-state index contributed by atoms with van der Waals surface area (Å²) in [5, 5.41) is 6.64. The van der Waals surface area contributed by atoms with Gasteiger partial charge in [0.1, 0.15) is 5.75 Å². The summed E-state index contributed by atoms with van der Waals surface area (Å²) in [6.07, 6.45) is -0.0876. The van der Waals surface area contributed by atoms with Crippen LogP contribution in [-0.4, -0.2) is 24.9 Å². The molecular formula is C24H20F2N2O3. The van der Waals surface area contributed by atoms with E-state index < -0.39 is 17.9 Å². The Morgan fingerprint density at radius 1 is 0.968 bits per heavy atom. The molecule has 5 nitrogen and oxygen atoms in total. The average molecular weight is 422 g/mol. The van der Waals surface area contributed by atoms with Gasteiger partial charge in [0.25, 0.3) is 0 Å². The van der Waals surface area contributed by atoms with E-state index >= 15 is 0 Å². The number of methoxy groups -OCH3 is 2. The van der Waals surface area contributed by atoms with E-state index in [-0.39, 0.29) is 6.04 Å². The standard InChI is InChI=1S/C24H20F2N2O3/c1-29-16-9-6-14(7-10-16)20-13-21-17-4-3-5-22(30-2)23(17)31-24(28(21)27-20)15-8-11-18(25)19(26)12-15/h3-12,21,24H,13H2,1-2H3/t21-,24+/m1/s1. The van der Waals surface area contributed by atoms with E-state index in [2.05, 4.69) is 0 Å². The van der Waals surface area contributed by atoms with Crippen molar-refractivity contribution >= 4 is 5.71 Å². The smallest absolute Gasteiger partial charge is 0.214 e. The number of fused-ring (bicyclic) bond motifs is 3. The van der Waals surface area contributed by atoms with Crippen molar-refractivity contribution in [1.29, 1.82) is 0 Å². The first-order chi connectivity index (χ1) is 15.1. The molecule has 0 unspecified atom stereocenters. The van der Waals surface area contributed by atoms with E-state index in [0.717, 1.165) is 34.7 Å². The lowest BCUT2D eigenvalue weighted by atomic mass is 9.95. The maximum absolute atomic E-state index is 14.0. The monoisotopic (exact) mass is 422 g/mol. The van der Waals surface area contributed by atoms with Crippen LogP contribution < -0.4 is 14.2 Å². The molecule has 158 valence electrons. The number of hydrogen-bond donors (Lipinski definition) is 0. The molecule has 0 N–H and O–H groups in total. The number of hydrogen-bond acceptors (Lipinski definition) is 5. The Hall–Kier alpha value is -3.61. The van der Waals surface area contributed by atoms with Crippen LogP contribution >= 0.6 is 0 Å². The highest BCUT2D eigenvalue weighted by atomic mass is 19.2. The summed E-state index contributed by atoms with van der Waals surface area (Å²) in [7, 11) is 3.20. The summed E-state index contributed by atoms with van der Waals surface area (Å²) < 4.78 is 44.6. The van der Waals surface area contributed by atoms with Gasteiger partial charge in [-0.3, -0.25) is 0 Å². The Morgan fingerprint density at radius 2 is 1.77 bits per heavy atom. The average Bonchev–Trinajstić information content (AvgIpc) is 3.26. The SMILES string of the molecule is COc1ccc(C2=NN3[C@H](C2)c2cccc(OC)c2O[C@H]3c2ccc(F)c(F)c2)cc1. The fourth-order valence-electron chi connectivity index (χ4n) is 4.09. The highest BCUT2D eigenvalue weighted by molar-refractivity contribution is 6.02. The number of ether oxygens (including phenoxy) is 3. The summed E-state index contributed by atoms with van der Waals surface area (Å²) in [5.41, 5.74) is 3.24. The molecule has 3 aromatic rings. The van der Waals surface area contributed by atoms with Gasteiger partial charge in [-0.1, -0.05) is 18.2 Å². The number of nitrogens with zero attached hydrogens (tertiary/aromatic N) is 2. The lowest BCUT2D eigenvalue weighted by Crippen LogP contribution is -2.34. The van der Waals surface area contributed by atoms with Crippen LogP contribution in [0.25, 0.3) is 0 Å². The highest BCUT2D eigenvalue weighted by Gasteiger charge is 2.42. The van der Waals surface area contributed by atoms with Gasteiger partial charge in [-0.15, -0.1) is 0 Å². The maximum Gasteiger partial charge on any atom is 0.214 e. The first-order valence-electron chi connectivity index (χ1n) is 9.88. The van der Waals surface area contributed by atoms with Gasteiger partial charge in [-0.2, -0.15) is 5.10 Å². The van der Waals surface area contributed by atoms with Crippen molar-refractivity contribution in [3.63, 3.8) is 0 Å². The van der Waals surface area contributed by atoms with Crippen molar-refractivity contribution in [3.8, 4) is 17.2 Å². The molecule has 0 aliphatic carbocycles. The molecule has 2 heterocycles. The van der Waals surface area contributed by atoms with Crippen molar-refractivity contribution in [2.75, 3.05) is 14.2 Å². The van der Waals surface area contributed by atoms with Crippen LogP contribution in [0.2, 0.25) is 0 Å². The zero-order chi connectivity index (χ0) is 21.5. The number of hydrazone groups is 1. The Kier molecular flexibility index (Phi) is 4.73. The van der Waals surface area contributed by atoms with Crippen molar-refractivity contribution in [2.24, 2.45) is 5.10 Å². The van der Waals surface area contributed by atoms with E-state index in [9.17, 15) is 8.78 Å². The fraction of sp³-hybridized carbons (Fsp3) is 0.208. The Bertz CT molecular complexity index is 1160. The molecule has 2 aliphatic rings. The summed E-state index contributed by atoms with van der Waals surface area (Å²) in [6.45, 7) is 0. The molecule has 7 heteroatoms. The van der Waals surface area contributed by atoms with Gasteiger partial charge in [0.15, 0.2) is 23.1 Å². The summed E-state index contributed by atoms with van der Waals surface area (Å²) >= 11 is 0. The van der Waals surface area contributed by atoms with E-state index in [1.165, 1.54) is 6.07 Å². The number of benzene rings is 3. The quantitative estimate of drug-likeness (QED) is 0.578. The first-order valence-corrected chi connectivity index (χ1v) is 9.88. The summed E-state index contributed by atoms with van der Waals surface area (Å²) in [4.78, 5) is 0. The third-order valence-corrected chi connectivity index (χ3v) is 5.65. The second-order valence-corrected chi connectivity index (χ2v) is 7.40. The van der Waals surface area contributed by atoms with Crippen LogP contribution in [0.1, 0.15) is 35.4 Å². The van der Waals surface area contributed by atoms with Crippen molar-refractivity contribution in [2.45, 2.75) is 18.7 Å². The Labute approximate surface area is 178 Å². The number of rotatable bonds is 4. The lowest BCUT2D eigenvalue weighted by molar-refractivity contribution is -0.0211. The molecule has 2 aliphatic heterocycles. The topological polar surface area (TPSA) is 43.3 Å². The van der Waals surface area contributed by atoms with E-state index in [1.807, 2.05) is 47.5 Å². The van der Waals surface area contributed by atoms with Crippen LogP contribution in [0.15, 0.2) is 65.8 Å². The number of para-hydroxylation sites is 1. The van der Waals surface area contributed by atoms with Gasteiger partial charge in [-0.25, -0.2) is 13.8 Å². The van der Waals surface area contributed by atoms with Gasteiger partial charge in [0.05, 0.1) is 26.0 Å². The molecule has 5 rings (SSSR count). The van der Waals surface area contributed by atoms with Crippen molar-refractivity contribution in [1.82, 2.24) is 5.01 Å². The van der Waals surface area contributed by atoms with Gasteiger partial charge < -0.3 is 14.2 Å². The zero-order valence-corrected chi connectivity index (χ0v) is 17.0. The van der Waals surface area contributed by atoms with Crippen LogP contribution in [0.5, 0.6) is 17.2 Å². The maximum atomic E-state index is 14.0. The molecule has 0 saturated heterocycles. The van der Waals surface area contributed by atoms with E-state index in [4.69, 9.17) is 19.3 Å². The molecule has 0 saturated carbocycles. The van der Waals surface area contributed by atoms with E-state index in [0.29, 0.717) is 23.5 Å². The Balaban J connectivity index is 1.60. The molecule has 2 atom stereocenters. The molecule has 0 radical (unpaired) electrons. The third kappa shape index (κ3) is 3.26. The highest BCUT2D eigenvalue weighted by Crippen LogP contribution is 2.50. The van der Waals surface area contributed by atoms with Crippen LogP contribution in [0.3, 0.4) is 0 Å². The molecule has 0 spiro atoms. The van der Waals surface area contributed by atoms with Crippen LogP contribution in [0.4, 0.5) is 8.78 Å². The van der Waals surface area contributed by atoms with Gasteiger partial charge in [-0.05, 0) is 48.0 Å². The zero-order valence-electron chi connectivity index (χ0n) is 17.0. The van der Waals surface area contributed by atoms with Crippen molar-refractivity contribution in [3.05, 3.63) is 89.0 Å². The normalized spacial score (nSPS) is 19.2. The predicted molar refractivity (Wildman–Crippen MR) is 111 cm³/mol. The first kappa shape index (κ1) is 19.4. The van der Waals surface area contributed by atoms with Gasteiger partial charge in [0, 0.05) is 17.5 Å². The largest absolute Gasteiger partial charge is 0.497 e. The van der Waals surface area contributed by atoms with Gasteiger partial charge >= 0.3 is 0 Å². The summed E-state index contributed by atoms with van der Waals surface area (Å²) in [5.74, 6) is 0.105. The molecule has 0 aromatic heterocycles. The second kappa shape index (κ2) is 7.58. The molecule has 3 aromatic carbocycles. The third-order valence-electron chi connectivity index (χ3n) is 5.65. The lowest BCUT2D eigenvalue weighted by Gasteiger charge is -2.38.